The molecule has 0 radical (unpaired) electrons. The third-order valence-electron chi connectivity index (χ3n) is 4.86. The first-order valence-corrected chi connectivity index (χ1v) is 12.7. The molecule has 0 saturated carbocycles. The highest BCUT2D eigenvalue weighted by atomic mass is 35.5. The van der Waals surface area contributed by atoms with Crippen molar-refractivity contribution in [3.8, 4) is 17.2 Å². The number of ether oxygens (including phenoxy) is 3. The lowest BCUT2D eigenvalue weighted by molar-refractivity contribution is -0.0669. The minimum Gasteiger partial charge on any atom is -0.755 e. The number of fused-ring (bicyclic) bond motifs is 1. The van der Waals surface area contributed by atoms with Crippen LogP contribution in [0, 0.1) is 0 Å². The van der Waals surface area contributed by atoms with Crippen LogP contribution in [0.2, 0.25) is 5.02 Å². The molecule has 0 saturated heterocycles. The molecular weight excluding hydrogens is 512 g/mol. The van der Waals surface area contributed by atoms with Gasteiger partial charge >= 0.3 is 0 Å². The molecule has 34 heavy (non-hydrogen) atoms. The number of nitrogens with zero attached hydrogens (tertiary/aromatic N) is 2. The second-order valence-corrected chi connectivity index (χ2v) is 9.96. The first-order chi connectivity index (χ1) is 16.0. The molecule has 1 heterocycles. The zero-order valence-electron chi connectivity index (χ0n) is 18.5. The van der Waals surface area contributed by atoms with E-state index in [1.807, 2.05) is 0 Å². The highest BCUT2D eigenvalue weighted by Crippen LogP contribution is 2.33. The summed E-state index contributed by atoms with van der Waals surface area (Å²) in [6, 6.07) is 7.50. The number of likely N-dealkylation sites (N-methyl/N-ethyl adjacent to an activating group) is 1. The van der Waals surface area contributed by atoms with Crippen LogP contribution < -0.4 is 23.8 Å². The second-order valence-electron chi connectivity index (χ2n) is 7.25. The summed E-state index contributed by atoms with van der Waals surface area (Å²) in [5.41, 5.74) is 0.303. The fourth-order valence-electron chi connectivity index (χ4n) is 3.26. The Hall–Kier alpha value is -2.17. The molecule has 0 aromatic heterocycles. The number of anilines is 1. The van der Waals surface area contributed by atoms with Crippen LogP contribution in [0.25, 0.3) is 0 Å². The first kappa shape index (κ1) is 26.4. The molecule has 2 unspecified atom stereocenters. The monoisotopic (exact) mass is 535 g/mol. The SMILES string of the molecule is COc1ccc(OCC(O)CN(C)N2Cc3cc(Cl)c(NS(=O)[O-])cc3S(=O)(=O)N2)cc1OC. The maximum absolute atomic E-state index is 12.7. The van der Waals surface area contributed by atoms with Gasteiger partial charge in [-0.3, -0.25) is 4.21 Å². The normalized spacial score (nSPS) is 17.0. The Labute approximate surface area is 204 Å². The molecule has 3 rings (SSSR count). The number of methoxy groups -OCH3 is 2. The molecule has 0 fully saturated rings. The number of hydrogen-bond donors (Lipinski definition) is 3. The molecule has 1 aliphatic heterocycles. The maximum Gasteiger partial charge on any atom is 0.254 e. The number of benzene rings is 2. The molecule has 0 spiro atoms. The number of halogens is 1. The largest absolute Gasteiger partial charge is 0.755 e. The number of rotatable bonds is 10. The van der Waals surface area contributed by atoms with Gasteiger partial charge in [0.15, 0.2) is 11.5 Å². The molecule has 2 atom stereocenters. The summed E-state index contributed by atoms with van der Waals surface area (Å²) in [5.74, 6) is 1.48. The number of hydrazine groups is 2. The van der Waals surface area contributed by atoms with Crippen molar-refractivity contribution < 1.29 is 36.5 Å². The van der Waals surface area contributed by atoms with E-state index in [-0.39, 0.29) is 35.3 Å². The van der Waals surface area contributed by atoms with Crippen molar-refractivity contribution in [2.24, 2.45) is 0 Å². The Bertz CT molecular complexity index is 1170. The molecule has 2 aromatic carbocycles. The van der Waals surface area contributed by atoms with Crippen molar-refractivity contribution >= 4 is 38.6 Å². The van der Waals surface area contributed by atoms with Crippen LogP contribution in [-0.2, 0) is 27.8 Å². The topological polar surface area (TPSA) is 153 Å². The number of aliphatic hydroxyl groups is 1. The molecule has 1 aliphatic rings. The number of sulfonamides is 1. The van der Waals surface area contributed by atoms with Crippen LogP contribution in [-0.4, -0.2) is 72.9 Å². The van der Waals surface area contributed by atoms with Gasteiger partial charge < -0.3 is 28.6 Å². The van der Waals surface area contributed by atoms with Gasteiger partial charge in [0.2, 0.25) is 0 Å². The Morgan fingerprint density at radius 1 is 1.29 bits per heavy atom. The first-order valence-electron chi connectivity index (χ1n) is 9.76. The minimum absolute atomic E-state index is 0.0354. The quantitative estimate of drug-likeness (QED) is 0.373. The van der Waals surface area contributed by atoms with Gasteiger partial charge in [-0.25, -0.2) is 13.4 Å². The Morgan fingerprint density at radius 3 is 2.65 bits per heavy atom. The van der Waals surface area contributed by atoms with Gasteiger partial charge in [0.25, 0.3) is 10.0 Å². The molecular formula is C19H24ClN4O8S2-. The molecule has 0 amide bonds. The fourth-order valence-corrected chi connectivity index (χ4v) is 5.22. The summed E-state index contributed by atoms with van der Waals surface area (Å²) in [5, 5.41) is 13.2. The van der Waals surface area contributed by atoms with Gasteiger partial charge in [-0.15, -0.1) is 4.83 Å². The maximum atomic E-state index is 12.7. The molecule has 15 heteroatoms. The fraction of sp³-hybridized carbons (Fsp3) is 0.368. The zero-order chi connectivity index (χ0) is 25.0. The van der Waals surface area contributed by atoms with Gasteiger partial charge in [-0.2, -0.15) is 5.12 Å². The summed E-state index contributed by atoms with van der Waals surface area (Å²) >= 11 is 3.43. The summed E-state index contributed by atoms with van der Waals surface area (Å²) in [4.78, 5) is 2.28. The summed E-state index contributed by atoms with van der Waals surface area (Å²) in [6.07, 6.45) is -0.966. The van der Waals surface area contributed by atoms with E-state index in [2.05, 4.69) is 9.55 Å². The van der Waals surface area contributed by atoms with E-state index in [9.17, 15) is 22.3 Å². The van der Waals surface area contributed by atoms with Crippen molar-refractivity contribution in [1.82, 2.24) is 15.0 Å². The van der Waals surface area contributed by atoms with Gasteiger partial charge in [0, 0.05) is 30.9 Å². The van der Waals surface area contributed by atoms with E-state index in [1.165, 1.54) is 30.4 Å². The highest BCUT2D eigenvalue weighted by Gasteiger charge is 2.32. The van der Waals surface area contributed by atoms with E-state index in [4.69, 9.17) is 25.8 Å². The van der Waals surface area contributed by atoms with Crippen molar-refractivity contribution in [3.63, 3.8) is 0 Å². The van der Waals surface area contributed by atoms with E-state index in [0.717, 1.165) is 6.07 Å². The average molecular weight is 536 g/mol. The molecule has 0 bridgehead atoms. The van der Waals surface area contributed by atoms with E-state index < -0.39 is 27.4 Å². The standard InChI is InChI=1S/C19H25ClN4O8S2/c1-23(10-13(25)11-32-14-4-5-17(30-2)18(7-14)31-3)24-9-12-6-15(20)16(21-33(26)27)8-19(12)34(28,29)22-24/h4-8,13,21-22,25H,9-11H2,1-3H3,(H,26,27)/p-1. The van der Waals surface area contributed by atoms with E-state index in [0.29, 0.717) is 22.8 Å². The predicted octanol–water partition coefficient (Wildman–Crippen LogP) is 0.859. The molecule has 2 aromatic rings. The minimum atomic E-state index is -4.02. The third kappa shape index (κ3) is 6.28. The van der Waals surface area contributed by atoms with Crippen LogP contribution in [0.5, 0.6) is 17.2 Å². The Balaban J connectivity index is 1.65. The van der Waals surface area contributed by atoms with Crippen LogP contribution >= 0.6 is 11.6 Å². The molecule has 3 N–H and O–H groups in total. The van der Waals surface area contributed by atoms with Crippen LogP contribution in [0.3, 0.4) is 0 Å². The molecule has 0 aliphatic carbocycles. The summed E-state index contributed by atoms with van der Waals surface area (Å²) in [7, 11) is 0.584. The second kappa shape index (κ2) is 11.0. The lowest BCUT2D eigenvalue weighted by Gasteiger charge is -2.36. The number of nitrogens with one attached hydrogen (secondary N) is 2. The van der Waals surface area contributed by atoms with Gasteiger partial charge in [-0.1, -0.05) is 11.6 Å². The van der Waals surface area contributed by atoms with Gasteiger partial charge in [0.1, 0.15) is 18.5 Å². The lowest BCUT2D eigenvalue weighted by atomic mass is 10.2. The number of aliphatic hydroxyl groups excluding tert-OH is 1. The average Bonchev–Trinajstić information content (AvgIpc) is 2.77. The van der Waals surface area contributed by atoms with Gasteiger partial charge in [-0.05, 0) is 29.8 Å². The van der Waals surface area contributed by atoms with Crippen molar-refractivity contribution in [2.45, 2.75) is 17.5 Å². The number of hydrogen-bond acceptors (Lipinski definition) is 10. The van der Waals surface area contributed by atoms with Crippen molar-refractivity contribution in [2.75, 3.05) is 39.1 Å². The van der Waals surface area contributed by atoms with Gasteiger partial charge in [0.05, 0.1) is 36.4 Å². The Kier molecular flexibility index (Phi) is 8.59. The van der Waals surface area contributed by atoms with Crippen molar-refractivity contribution in [3.05, 3.63) is 40.9 Å². The van der Waals surface area contributed by atoms with E-state index in [1.54, 1.807) is 25.2 Å². The lowest BCUT2D eigenvalue weighted by Crippen LogP contribution is -2.55. The Morgan fingerprint density at radius 2 is 2.00 bits per heavy atom. The zero-order valence-corrected chi connectivity index (χ0v) is 20.9. The predicted molar refractivity (Wildman–Crippen MR) is 124 cm³/mol. The third-order valence-corrected chi connectivity index (χ3v) is 6.97. The van der Waals surface area contributed by atoms with Crippen LogP contribution in [0.4, 0.5) is 5.69 Å². The van der Waals surface area contributed by atoms with Crippen LogP contribution in [0.1, 0.15) is 5.56 Å². The summed E-state index contributed by atoms with van der Waals surface area (Å²) in [6.45, 7) is 0.0622. The molecule has 188 valence electrons. The highest BCUT2D eigenvalue weighted by molar-refractivity contribution is 7.89. The summed E-state index contributed by atoms with van der Waals surface area (Å²) < 4.78 is 65.3. The molecule has 12 nitrogen and oxygen atoms in total. The van der Waals surface area contributed by atoms with Crippen molar-refractivity contribution in [1.29, 1.82) is 0 Å². The van der Waals surface area contributed by atoms with E-state index >= 15 is 0 Å². The van der Waals surface area contributed by atoms with Crippen LogP contribution in [0.15, 0.2) is 35.2 Å². The smallest absolute Gasteiger partial charge is 0.254 e.